The maximum Gasteiger partial charge on any atom is 0.205 e. The van der Waals surface area contributed by atoms with Gasteiger partial charge in [-0.25, -0.2) is 4.98 Å². The highest BCUT2D eigenvalue weighted by Gasteiger charge is 2.14. The van der Waals surface area contributed by atoms with Crippen LogP contribution in [-0.4, -0.2) is 16.7 Å². The van der Waals surface area contributed by atoms with Crippen molar-refractivity contribution in [3.63, 3.8) is 0 Å². The molecular formula is C14H11Cl2N3O. The van der Waals surface area contributed by atoms with Crippen LogP contribution in [0.1, 0.15) is 0 Å². The number of nitrogens with zero attached hydrogens (tertiary/aromatic N) is 2. The average molecular weight is 308 g/mol. The fraction of sp³-hybridized carbons (Fsp3) is 0.0714. The Morgan fingerprint density at radius 3 is 2.75 bits per heavy atom. The summed E-state index contributed by atoms with van der Waals surface area (Å²) in [6.45, 7) is 0. The predicted octanol–water partition coefficient (Wildman–Crippen LogP) is 3.92. The van der Waals surface area contributed by atoms with Crippen LogP contribution in [0.4, 0.5) is 5.95 Å². The Hall–Kier alpha value is -1.91. The van der Waals surface area contributed by atoms with Crippen molar-refractivity contribution in [2.24, 2.45) is 0 Å². The van der Waals surface area contributed by atoms with Crippen molar-refractivity contribution < 1.29 is 4.74 Å². The summed E-state index contributed by atoms with van der Waals surface area (Å²) >= 11 is 12.3. The zero-order chi connectivity index (χ0) is 14.3. The van der Waals surface area contributed by atoms with Gasteiger partial charge < -0.3 is 10.5 Å². The number of methoxy groups -OCH3 is 1. The van der Waals surface area contributed by atoms with Crippen molar-refractivity contribution in [2.75, 3.05) is 12.8 Å². The van der Waals surface area contributed by atoms with Gasteiger partial charge in [-0.3, -0.25) is 4.57 Å². The normalized spacial score (nSPS) is 10.9. The van der Waals surface area contributed by atoms with E-state index in [9.17, 15) is 0 Å². The Balaban J connectivity index is 2.31. The fourth-order valence-electron chi connectivity index (χ4n) is 2.12. The lowest BCUT2D eigenvalue weighted by Gasteiger charge is -2.09. The van der Waals surface area contributed by atoms with E-state index in [0.29, 0.717) is 21.7 Å². The second-order valence-electron chi connectivity index (χ2n) is 4.23. The van der Waals surface area contributed by atoms with E-state index in [1.54, 1.807) is 17.7 Å². The maximum absolute atomic E-state index is 6.25. The number of ether oxygens (including phenoxy) is 1. The molecule has 0 aliphatic rings. The molecule has 0 aliphatic heterocycles. The van der Waals surface area contributed by atoms with Gasteiger partial charge in [0.1, 0.15) is 5.75 Å². The van der Waals surface area contributed by atoms with E-state index in [2.05, 4.69) is 4.98 Å². The van der Waals surface area contributed by atoms with Gasteiger partial charge in [0.15, 0.2) is 0 Å². The van der Waals surface area contributed by atoms with Crippen LogP contribution >= 0.6 is 23.2 Å². The number of aromatic nitrogens is 2. The molecule has 0 spiro atoms. The molecule has 0 bridgehead atoms. The molecule has 2 aromatic carbocycles. The minimum Gasteiger partial charge on any atom is -0.497 e. The highest BCUT2D eigenvalue weighted by atomic mass is 35.5. The van der Waals surface area contributed by atoms with Gasteiger partial charge in [-0.05, 0) is 24.3 Å². The molecule has 20 heavy (non-hydrogen) atoms. The first-order valence-electron chi connectivity index (χ1n) is 5.88. The predicted molar refractivity (Wildman–Crippen MR) is 82.1 cm³/mol. The van der Waals surface area contributed by atoms with Crippen LogP contribution in [0.3, 0.4) is 0 Å². The second-order valence-corrected chi connectivity index (χ2v) is 5.02. The fourth-order valence-corrected chi connectivity index (χ4v) is 2.50. The first kappa shape index (κ1) is 13.1. The zero-order valence-electron chi connectivity index (χ0n) is 10.6. The van der Waals surface area contributed by atoms with E-state index in [-0.39, 0.29) is 0 Å². The third kappa shape index (κ3) is 1.97. The van der Waals surface area contributed by atoms with Crippen LogP contribution in [0.2, 0.25) is 10.0 Å². The summed E-state index contributed by atoms with van der Waals surface area (Å²) in [5.41, 5.74) is 8.28. The lowest BCUT2D eigenvalue weighted by Crippen LogP contribution is -2.01. The number of imidazole rings is 1. The molecule has 0 amide bonds. The van der Waals surface area contributed by atoms with Gasteiger partial charge in [-0.15, -0.1) is 0 Å². The van der Waals surface area contributed by atoms with E-state index in [1.165, 1.54) is 0 Å². The summed E-state index contributed by atoms with van der Waals surface area (Å²) in [4.78, 5) is 4.33. The molecule has 4 nitrogen and oxygen atoms in total. The summed E-state index contributed by atoms with van der Waals surface area (Å²) < 4.78 is 6.95. The minimum absolute atomic E-state index is 0.345. The van der Waals surface area contributed by atoms with Crippen LogP contribution in [0.25, 0.3) is 16.7 Å². The highest BCUT2D eigenvalue weighted by molar-refractivity contribution is 6.43. The number of nitrogens with two attached hydrogens (primary N) is 1. The van der Waals surface area contributed by atoms with Crippen LogP contribution in [0.5, 0.6) is 5.75 Å². The van der Waals surface area contributed by atoms with Gasteiger partial charge in [0.25, 0.3) is 0 Å². The Morgan fingerprint density at radius 2 is 2.00 bits per heavy atom. The molecule has 1 aromatic heterocycles. The first-order chi connectivity index (χ1) is 9.61. The number of halogens is 2. The van der Waals surface area contributed by atoms with Crippen LogP contribution in [-0.2, 0) is 0 Å². The Bertz CT molecular complexity index is 798. The SMILES string of the molecule is COc1ccc2c(c1)nc(N)n2-c1cccc(Cl)c1Cl. The van der Waals surface area contributed by atoms with Crippen molar-refractivity contribution in [2.45, 2.75) is 0 Å². The van der Waals surface area contributed by atoms with E-state index in [1.807, 2.05) is 30.3 Å². The lowest BCUT2D eigenvalue weighted by molar-refractivity contribution is 0.415. The third-order valence-corrected chi connectivity index (χ3v) is 3.87. The van der Waals surface area contributed by atoms with Crippen LogP contribution in [0, 0.1) is 0 Å². The number of nitrogen functional groups attached to an aromatic ring is 1. The summed E-state index contributed by atoms with van der Waals surface area (Å²) in [5.74, 6) is 1.07. The van der Waals surface area contributed by atoms with Gasteiger partial charge in [0.05, 0.1) is 33.9 Å². The Morgan fingerprint density at radius 1 is 1.20 bits per heavy atom. The number of hydrogen-bond acceptors (Lipinski definition) is 3. The van der Waals surface area contributed by atoms with E-state index >= 15 is 0 Å². The van der Waals surface area contributed by atoms with E-state index in [4.69, 9.17) is 33.7 Å². The van der Waals surface area contributed by atoms with E-state index < -0.39 is 0 Å². The zero-order valence-corrected chi connectivity index (χ0v) is 12.1. The highest BCUT2D eigenvalue weighted by Crippen LogP contribution is 2.33. The van der Waals surface area contributed by atoms with E-state index in [0.717, 1.165) is 16.8 Å². The molecule has 0 aliphatic carbocycles. The molecule has 0 unspecified atom stereocenters. The standard InChI is InChI=1S/C14H11Cl2N3O/c1-20-8-5-6-11-10(7-8)18-14(17)19(11)12-4-2-3-9(15)13(12)16/h2-7H,1H3,(H2,17,18). The van der Waals surface area contributed by atoms with Crippen molar-refractivity contribution in [3.05, 3.63) is 46.4 Å². The number of benzene rings is 2. The smallest absolute Gasteiger partial charge is 0.205 e. The molecule has 0 atom stereocenters. The monoisotopic (exact) mass is 307 g/mol. The van der Waals surface area contributed by atoms with Gasteiger partial charge >= 0.3 is 0 Å². The minimum atomic E-state index is 0.345. The average Bonchev–Trinajstić information content (AvgIpc) is 2.77. The molecule has 0 fully saturated rings. The maximum atomic E-state index is 6.25. The third-order valence-electron chi connectivity index (χ3n) is 3.06. The summed E-state index contributed by atoms with van der Waals surface area (Å²) in [5, 5.41) is 0.912. The topological polar surface area (TPSA) is 53.1 Å². The molecule has 6 heteroatoms. The van der Waals surface area contributed by atoms with Crippen LogP contribution < -0.4 is 10.5 Å². The van der Waals surface area contributed by atoms with Crippen molar-refractivity contribution in [1.82, 2.24) is 9.55 Å². The molecule has 0 saturated heterocycles. The second kappa shape index (κ2) is 4.89. The molecule has 1 heterocycles. The largest absolute Gasteiger partial charge is 0.497 e. The summed E-state index contributed by atoms with van der Waals surface area (Å²) in [7, 11) is 1.61. The van der Waals surface area contributed by atoms with Gasteiger partial charge in [0.2, 0.25) is 5.95 Å². The Labute approximate surface area is 125 Å². The Kier molecular flexibility index (Phi) is 3.20. The van der Waals surface area contributed by atoms with Crippen molar-refractivity contribution in [1.29, 1.82) is 0 Å². The summed E-state index contributed by atoms with van der Waals surface area (Å²) in [6, 6.07) is 10.9. The van der Waals surface area contributed by atoms with Crippen molar-refractivity contribution in [3.8, 4) is 11.4 Å². The van der Waals surface area contributed by atoms with Gasteiger partial charge in [-0.2, -0.15) is 0 Å². The molecule has 3 rings (SSSR count). The van der Waals surface area contributed by atoms with Crippen molar-refractivity contribution >= 4 is 40.2 Å². The molecule has 0 radical (unpaired) electrons. The molecular weight excluding hydrogens is 297 g/mol. The number of hydrogen-bond donors (Lipinski definition) is 1. The lowest BCUT2D eigenvalue weighted by atomic mass is 10.2. The molecule has 2 N–H and O–H groups in total. The van der Waals surface area contributed by atoms with Gasteiger partial charge in [-0.1, -0.05) is 29.3 Å². The number of fused-ring (bicyclic) bond motifs is 1. The van der Waals surface area contributed by atoms with Gasteiger partial charge in [0, 0.05) is 6.07 Å². The quantitative estimate of drug-likeness (QED) is 0.780. The number of anilines is 1. The van der Waals surface area contributed by atoms with Crippen LogP contribution in [0.15, 0.2) is 36.4 Å². The molecule has 0 saturated carbocycles. The molecule has 102 valence electrons. The number of rotatable bonds is 2. The first-order valence-corrected chi connectivity index (χ1v) is 6.64. The molecule has 3 aromatic rings. The summed E-state index contributed by atoms with van der Waals surface area (Å²) in [6.07, 6.45) is 0.